The number of carbonyl (C=O) groups is 2. The van der Waals surface area contributed by atoms with Crippen LogP contribution in [0.15, 0.2) is 18.2 Å². The predicted octanol–water partition coefficient (Wildman–Crippen LogP) is 2.80. The molecule has 0 saturated heterocycles. The van der Waals surface area contributed by atoms with Crippen LogP contribution in [-0.2, 0) is 4.79 Å². The lowest BCUT2D eigenvalue weighted by atomic mass is 10.1. The van der Waals surface area contributed by atoms with E-state index in [1.807, 2.05) is 0 Å². The number of carbonyl (C=O) groups excluding carboxylic acids is 1. The van der Waals surface area contributed by atoms with Crippen LogP contribution in [0.25, 0.3) is 0 Å². The second kappa shape index (κ2) is 6.52. The lowest BCUT2D eigenvalue weighted by Gasteiger charge is -2.26. The number of aliphatic carboxylic acids is 1. The van der Waals surface area contributed by atoms with E-state index < -0.39 is 17.7 Å². The van der Waals surface area contributed by atoms with Gasteiger partial charge in [-0.1, -0.05) is 11.6 Å². The van der Waals surface area contributed by atoms with Crippen molar-refractivity contribution in [2.75, 3.05) is 6.54 Å². The van der Waals surface area contributed by atoms with E-state index in [0.29, 0.717) is 0 Å². The zero-order chi connectivity index (χ0) is 14.6. The SMILES string of the molecule is CC(C)N(CCC(=O)O)C(=O)c1ccc(Cl)c(F)c1. The molecule has 0 spiro atoms. The molecule has 19 heavy (non-hydrogen) atoms. The summed E-state index contributed by atoms with van der Waals surface area (Å²) in [5, 5.41) is 8.60. The van der Waals surface area contributed by atoms with Crippen molar-refractivity contribution in [1.82, 2.24) is 4.90 Å². The third-order valence-electron chi connectivity index (χ3n) is 2.62. The number of rotatable bonds is 5. The average molecular weight is 288 g/mol. The van der Waals surface area contributed by atoms with Crippen molar-refractivity contribution in [3.8, 4) is 0 Å². The Morgan fingerprint density at radius 2 is 2.05 bits per heavy atom. The molecule has 0 radical (unpaired) electrons. The molecular formula is C13H15ClFNO3. The number of amides is 1. The number of halogens is 2. The van der Waals surface area contributed by atoms with Gasteiger partial charge in [-0.3, -0.25) is 9.59 Å². The van der Waals surface area contributed by atoms with Crippen LogP contribution < -0.4 is 0 Å². The molecule has 4 nitrogen and oxygen atoms in total. The number of carboxylic acid groups (broad SMARTS) is 1. The summed E-state index contributed by atoms with van der Waals surface area (Å²) in [6.07, 6.45) is -0.153. The van der Waals surface area contributed by atoms with Crippen molar-refractivity contribution in [1.29, 1.82) is 0 Å². The van der Waals surface area contributed by atoms with Gasteiger partial charge in [0.1, 0.15) is 5.82 Å². The Hall–Kier alpha value is -1.62. The molecule has 1 aromatic carbocycles. The Labute approximate surface area is 115 Å². The third kappa shape index (κ3) is 4.21. The van der Waals surface area contributed by atoms with Crippen molar-refractivity contribution in [2.24, 2.45) is 0 Å². The smallest absolute Gasteiger partial charge is 0.305 e. The average Bonchev–Trinajstić information content (AvgIpc) is 2.31. The summed E-state index contributed by atoms with van der Waals surface area (Å²) in [4.78, 5) is 24.1. The summed E-state index contributed by atoms with van der Waals surface area (Å²) >= 11 is 5.55. The molecule has 0 atom stereocenters. The molecule has 0 saturated carbocycles. The Morgan fingerprint density at radius 3 is 2.53 bits per heavy atom. The quantitative estimate of drug-likeness (QED) is 0.906. The Bertz CT molecular complexity index is 491. The van der Waals surface area contributed by atoms with E-state index >= 15 is 0 Å². The van der Waals surface area contributed by atoms with E-state index in [1.54, 1.807) is 13.8 Å². The summed E-state index contributed by atoms with van der Waals surface area (Å²) in [7, 11) is 0. The fourth-order valence-corrected chi connectivity index (χ4v) is 1.72. The largest absolute Gasteiger partial charge is 0.481 e. The van der Waals surface area contributed by atoms with Crippen molar-refractivity contribution in [2.45, 2.75) is 26.3 Å². The van der Waals surface area contributed by atoms with Crippen molar-refractivity contribution < 1.29 is 19.1 Å². The van der Waals surface area contributed by atoms with Gasteiger partial charge in [0.2, 0.25) is 0 Å². The maximum absolute atomic E-state index is 13.3. The third-order valence-corrected chi connectivity index (χ3v) is 2.92. The second-order valence-corrected chi connectivity index (χ2v) is 4.77. The summed E-state index contributed by atoms with van der Waals surface area (Å²) in [6, 6.07) is 3.61. The van der Waals surface area contributed by atoms with Crippen LogP contribution in [0.3, 0.4) is 0 Å². The summed E-state index contributed by atoms with van der Waals surface area (Å²) < 4.78 is 13.3. The molecule has 1 aromatic rings. The summed E-state index contributed by atoms with van der Waals surface area (Å²) in [6.45, 7) is 3.62. The number of benzene rings is 1. The molecule has 0 aliphatic carbocycles. The van der Waals surface area contributed by atoms with E-state index in [1.165, 1.54) is 17.0 Å². The molecule has 0 unspecified atom stereocenters. The van der Waals surface area contributed by atoms with Gasteiger partial charge in [0, 0.05) is 18.2 Å². The molecule has 0 bridgehead atoms. The first-order valence-electron chi connectivity index (χ1n) is 5.80. The highest BCUT2D eigenvalue weighted by atomic mass is 35.5. The van der Waals surface area contributed by atoms with Crippen molar-refractivity contribution >= 4 is 23.5 Å². The van der Waals surface area contributed by atoms with Crippen LogP contribution in [0.1, 0.15) is 30.6 Å². The number of carboxylic acids is 1. The summed E-state index contributed by atoms with van der Waals surface area (Å²) in [5.41, 5.74) is 0.154. The monoisotopic (exact) mass is 287 g/mol. The fourth-order valence-electron chi connectivity index (χ4n) is 1.61. The molecule has 0 fully saturated rings. The minimum absolute atomic E-state index is 0.0572. The van der Waals surface area contributed by atoms with Gasteiger partial charge in [0.05, 0.1) is 11.4 Å². The topological polar surface area (TPSA) is 57.6 Å². The van der Waals surface area contributed by atoms with E-state index in [2.05, 4.69) is 0 Å². The number of hydrogen-bond donors (Lipinski definition) is 1. The molecule has 104 valence electrons. The Morgan fingerprint density at radius 1 is 1.42 bits per heavy atom. The summed E-state index contributed by atoms with van der Waals surface area (Å²) in [5.74, 6) is -2.07. The predicted molar refractivity (Wildman–Crippen MR) is 69.8 cm³/mol. The number of hydrogen-bond acceptors (Lipinski definition) is 2. The molecule has 6 heteroatoms. The van der Waals surface area contributed by atoms with Crippen LogP contribution >= 0.6 is 11.6 Å². The van der Waals surface area contributed by atoms with Crippen molar-refractivity contribution in [3.05, 3.63) is 34.6 Å². The molecule has 1 N–H and O–H groups in total. The highest BCUT2D eigenvalue weighted by Crippen LogP contribution is 2.17. The fraction of sp³-hybridized carbons (Fsp3) is 0.385. The Kier molecular flexibility index (Phi) is 5.30. The lowest BCUT2D eigenvalue weighted by Crippen LogP contribution is -2.38. The van der Waals surface area contributed by atoms with E-state index in [0.717, 1.165) is 6.07 Å². The van der Waals surface area contributed by atoms with Crippen molar-refractivity contribution in [3.63, 3.8) is 0 Å². The maximum Gasteiger partial charge on any atom is 0.305 e. The van der Waals surface area contributed by atoms with Gasteiger partial charge < -0.3 is 10.0 Å². The molecular weight excluding hydrogens is 273 g/mol. The lowest BCUT2D eigenvalue weighted by molar-refractivity contribution is -0.137. The van der Waals surface area contributed by atoms with E-state index in [9.17, 15) is 14.0 Å². The molecule has 0 heterocycles. The highest BCUT2D eigenvalue weighted by molar-refractivity contribution is 6.30. The van der Waals surface area contributed by atoms with Gasteiger partial charge in [-0.15, -0.1) is 0 Å². The van der Waals surface area contributed by atoms with E-state index in [4.69, 9.17) is 16.7 Å². The van der Waals surface area contributed by atoms with Crippen LogP contribution in [0.5, 0.6) is 0 Å². The van der Waals surface area contributed by atoms with Crippen LogP contribution in [0.4, 0.5) is 4.39 Å². The van der Waals surface area contributed by atoms with Gasteiger partial charge >= 0.3 is 5.97 Å². The van der Waals surface area contributed by atoms with Gasteiger partial charge in [0.25, 0.3) is 5.91 Å². The molecule has 0 aliphatic heterocycles. The van der Waals surface area contributed by atoms with Gasteiger partial charge in [-0.05, 0) is 32.0 Å². The molecule has 1 amide bonds. The Balaban J connectivity index is 2.92. The van der Waals surface area contributed by atoms with Gasteiger partial charge in [0.15, 0.2) is 0 Å². The zero-order valence-electron chi connectivity index (χ0n) is 10.7. The first-order valence-corrected chi connectivity index (χ1v) is 6.18. The molecule has 0 aromatic heterocycles. The van der Waals surface area contributed by atoms with E-state index in [-0.39, 0.29) is 29.6 Å². The highest BCUT2D eigenvalue weighted by Gasteiger charge is 2.20. The minimum Gasteiger partial charge on any atom is -0.481 e. The molecule has 0 aliphatic rings. The first-order chi connectivity index (χ1) is 8.82. The standard InChI is InChI=1S/C13H15ClFNO3/c1-8(2)16(6-5-12(17)18)13(19)9-3-4-10(14)11(15)7-9/h3-4,7-8H,5-6H2,1-2H3,(H,17,18). The number of nitrogens with zero attached hydrogens (tertiary/aromatic N) is 1. The van der Waals surface area contributed by atoms with Gasteiger partial charge in [-0.2, -0.15) is 0 Å². The zero-order valence-corrected chi connectivity index (χ0v) is 11.4. The van der Waals surface area contributed by atoms with Gasteiger partial charge in [-0.25, -0.2) is 4.39 Å². The van der Waals surface area contributed by atoms with Crippen LogP contribution in [-0.4, -0.2) is 34.5 Å². The first kappa shape index (κ1) is 15.4. The second-order valence-electron chi connectivity index (χ2n) is 4.36. The maximum atomic E-state index is 13.3. The molecule has 1 rings (SSSR count). The van der Waals surface area contributed by atoms with Crippen LogP contribution in [0.2, 0.25) is 5.02 Å². The van der Waals surface area contributed by atoms with Crippen LogP contribution in [0, 0.1) is 5.82 Å². The normalized spacial score (nSPS) is 10.6. The minimum atomic E-state index is -0.985.